The molecule has 0 spiro atoms. The van der Waals surface area contributed by atoms with E-state index in [-0.39, 0.29) is 5.91 Å². The van der Waals surface area contributed by atoms with Gasteiger partial charge >= 0.3 is 0 Å². The van der Waals surface area contributed by atoms with Crippen LogP contribution in [0.25, 0.3) is 6.08 Å². The van der Waals surface area contributed by atoms with Crippen LogP contribution >= 0.6 is 11.8 Å². The highest BCUT2D eigenvalue weighted by atomic mass is 32.2. The third-order valence-electron chi connectivity index (χ3n) is 5.29. The van der Waals surface area contributed by atoms with Gasteiger partial charge in [0.15, 0.2) is 5.17 Å². The maximum absolute atomic E-state index is 13.3. The Morgan fingerprint density at radius 3 is 2.58 bits per heavy atom. The van der Waals surface area contributed by atoms with Gasteiger partial charge in [-0.2, -0.15) is 0 Å². The molecule has 1 aliphatic heterocycles. The van der Waals surface area contributed by atoms with E-state index in [0.29, 0.717) is 22.4 Å². The number of nitrogens with zero attached hydrogens (tertiary/aromatic N) is 3. The number of amidine groups is 1. The standard InChI is InChI=1S/C24H25N3O3S/c1-5-26-16(2)13-18(17(26)3)14-22-23(28)27(15-21-7-6-12-30-21)24(31-22)25-19-8-10-20(29-4)11-9-19/h6-14H,5,15H2,1-4H3/b22-14-,25-24?. The van der Waals surface area contributed by atoms with Gasteiger partial charge in [0, 0.05) is 17.9 Å². The van der Waals surface area contributed by atoms with Crippen molar-refractivity contribution in [3.8, 4) is 5.75 Å². The van der Waals surface area contributed by atoms with Crippen molar-refractivity contribution in [1.29, 1.82) is 0 Å². The first-order chi connectivity index (χ1) is 15.0. The van der Waals surface area contributed by atoms with Crippen molar-refractivity contribution < 1.29 is 13.9 Å². The number of amides is 1. The monoisotopic (exact) mass is 435 g/mol. The van der Waals surface area contributed by atoms with Crippen LogP contribution in [0.4, 0.5) is 5.69 Å². The summed E-state index contributed by atoms with van der Waals surface area (Å²) in [6.07, 6.45) is 3.58. The second-order valence-electron chi connectivity index (χ2n) is 7.24. The Hall–Kier alpha value is -3.19. The van der Waals surface area contributed by atoms with Crippen LogP contribution in [0.3, 0.4) is 0 Å². The molecule has 6 nitrogen and oxygen atoms in total. The fourth-order valence-electron chi connectivity index (χ4n) is 3.66. The quantitative estimate of drug-likeness (QED) is 0.478. The van der Waals surface area contributed by atoms with E-state index in [1.807, 2.05) is 42.5 Å². The molecule has 0 bridgehead atoms. The van der Waals surface area contributed by atoms with Crippen molar-refractivity contribution in [3.63, 3.8) is 0 Å². The second kappa shape index (κ2) is 8.89. The maximum Gasteiger partial charge on any atom is 0.267 e. The fraction of sp³-hybridized carbons (Fsp3) is 0.250. The predicted molar refractivity (Wildman–Crippen MR) is 124 cm³/mol. The van der Waals surface area contributed by atoms with Crippen molar-refractivity contribution in [1.82, 2.24) is 9.47 Å². The second-order valence-corrected chi connectivity index (χ2v) is 8.25. The molecule has 7 heteroatoms. The SMILES string of the molecule is CCn1c(C)cc(/C=C2\SC(=Nc3ccc(OC)cc3)N(Cc3ccco3)C2=O)c1C. The van der Waals surface area contributed by atoms with E-state index >= 15 is 0 Å². The highest BCUT2D eigenvalue weighted by Gasteiger charge is 2.34. The molecule has 0 aliphatic carbocycles. The van der Waals surface area contributed by atoms with Gasteiger partial charge in [0.1, 0.15) is 11.5 Å². The van der Waals surface area contributed by atoms with Gasteiger partial charge in [0.05, 0.1) is 30.5 Å². The van der Waals surface area contributed by atoms with Crippen LogP contribution < -0.4 is 4.74 Å². The van der Waals surface area contributed by atoms with Gasteiger partial charge in [-0.15, -0.1) is 0 Å². The lowest BCUT2D eigenvalue weighted by atomic mass is 10.2. The van der Waals surface area contributed by atoms with E-state index < -0.39 is 0 Å². The largest absolute Gasteiger partial charge is 0.497 e. The molecule has 1 fully saturated rings. The summed E-state index contributed by atoms with van der Waals surface area (Å²) < 4.78 is 12.9. The minimum atomic E-state index is -0.0741. The topological polar surface area (TPSA) is 60.0 Å². The molecule has 0 radical (unpaired) electrons. The lowest BCUT2D eigenvalue weighted by Crippen LogP contribution is -2.28. The molecule has 4 rings (SSSR count). The number of ether oxygens (including phenoxy) is 1. The van der Waals surface area contributed by atoms with Crippen molar-refractivity contribution in [2.45, 2.75) is 33.9 Å². The summed E-state index contributed by atoms with van der Waals surface area (Å²) in [6, 6.07) is 13.3. The number of thioether (sulfide) groups is 1. The predicted octanol–water partition coefficient (Wildman–Crippen LogP) is 5.53. The van der Waals surface area contributed by atoms with Crippen LogP contribution in [0.5, 0.6) is 5.75 Å². The van der Waals surface area contributed by atoms with E-state index in [9.17, 15) is 4.79 Å². The minimum Gasteiger partial charge on any atom is -0.497 e. The zero-order chi connectivity index (χ0) is 22.0. The van der Waals surface area contributed by atoms with Gasteiger partial charge in [-0.1, -0.05) is 0 Å². The molecule has 31 heavy (non-hydrogen) atoms. The molecule has 0 unspecified atom stereocenters. The molecule has 0 atom stereocenters. The Bertz CT molecular complexity index is 1140. The number of hydrogen-bond donors (Lipinski definition) is 0. The van der Waals surface area contributed by atoms with Gasteiger partial charge in [-0.3, -0.25) is 9.69 Å². The maximum atomic E-state index is 13.3. The fourth-order valence-corrected chi connectivity index (χ4v) is 4.65. The lowest BCUT2D eigenvalue weighted by molar-refractivity contribution is -0.122. The number of carbonyl (C=O) groups is 1. The first-order valence-corrected chi connectivity index (χ1v) is 10.9. The molecular weight excluding hydrogens is 410 g/mol. The number of methoxy groups -OCH3 is 1. The van der Waals surface area contributed by atoms with Crippen molar-refractivity contribution in [2.24, 2.45) is 4.99 Å². The number of aryl methyl sites for hydroxylation is 1. The van der Waals surface area contributed by atoms with E-state index in [1.54, 1.807) is 18.3 Å². The zero-order valence-corrected chi connectivity index (χ0v) is 18.9. The molecule has 1 aliphatic rings. The summed E-state index contributed by atoms with van der Waals surface area (Å²) in [5, 5.41) is 0.627. The van der Waals surface area contributed by atoms with Crippen LogP contribution in [0.15, 0.2) is 63.0 Å². The van der Waals surface area contributed by atoms with Crippen LogP contribution in [0, 0.1) is 13.8 Å². The zero-order valence-electron chi connectivity index (χ0n) is 18.1. The van der Waals surface area contributed by atoms with Crippen LogP contribution in [-0.4, -0.2) is 27.7 Å². The number of aromatic nitrogens is 1. The van der Waals surface area contributed by atoms with E-state index in [0.717, 1.165) is 29.2 Å². The third-order valence-corrected chi connectivity index (χ3v) is 6.30. The minimum absolute atomic E-state index is 0.0741. The van der Waals surface area contributed by atoms with Gasteiger partial charge < -0.3 is 13.7 Å². The number of furan rings is 1. The smallest absolute Gasteiger partial charge is 0.267 e. The normalized spacial score (nSPS) is 16.6. The lowest BCUT2D eigenvalue weighted by Gasteiger charge is -2.13. The number of carbonyl (C=O) groups excluding carboxylic acids is 1. The molecule has 3 heterocycles. The van der Waals surface area contributed by atoms with Gasteiger partial charge in [-0.05, 0) is 86.6 Å². The number of benzene rings is 1. The van der Waals surface area contributed by atoms with Crippen molar-refractivity contribution >= 4 is 34.6 Å². The summed E-state index contributed by atoms with van der Waals surface area (Å²) in [7, 11) is 1.63. The summed E-state index contributed by atoms with van der Waals surface area (Å²) in [5.74, 6) is 1.40. The van der Waals surface area contributed by atoms with E-state index in [1.165, 1.54) is 17.5 Å². The van der Waals surface area contributed by atoms with Crippen LogP contribution in [-0.2, 0) is 17.9 Å². The molecule has 160 valence electrons. The Kier molecular flexibility index (Phi) is 6.04. The molecular formula is C24H25N3O3S. The first kappa shape index (κ1) is 21.1. The molecule has 1 amide bonds. The van der Waals surface area contributed by atoms with Gasteiger partial charge in [0.25, 0.3) is 5.91 Å². The average molecular weight is 436 g/mol. The Balaban J connectivity index is 1.70. The highest BCUT2D eigenvalue weighted by molar-refractivity contribution is 8.18. The molecule has 0 saturated carbocycles. The summed E-state index contributed by atoms with van der Waals surface area (Å²) in [5.41, 5.74) is 4.14. The number of aliphatic imine (C=N–C) groups is 1. The van der Waals surface area contributed by atoms with Crippen LogP contribution in [0.1, 0.15) is 29.6 Å². The van der Waals surface area contributed by atoms with Crippen molar-refractivity contribution in [2.75, 3.05) is 7.11 Å². The summed E-state index contributed by atoms with van der Waals surface area (Å²) in [4.78, 5) is 20.4. The Morgan fingerprint density at radius 2 is 1.97 bits per heavy atom. The molecule has 0 N–H and O–H groups in total. The van der Waals surface area contributed by atoms with Crippen LogP contribution in [0.2, 0.25) is 0 Å². The van der Waals surface area contributed by atoms with E-state index in [4.69, 9.17) is 14.1 Å². The molecule has 2 aromatic heterocycles. The molecule has 3 aromatic rings. The highest BCUT2D eigenvalue weighted by Crippen LogP contribution is 2.36. The molecule has 1 saturated heterocycles. The third kappa shape index (κ3) is 4.32. The Labute approximate surface area is 186 Å². The first-order valence-electron chi connectivity index (χ1n) is 10.1. The number of hydrogen-bond acceptors (Lipinski definition) is 5. The average Bonchev–Trinajstić information content (AvgIpc) is 3.45. The van der Waals surface area contributed by atoms with Gasteiger partial charge in [0.2, 0.25) is 0 Å². The molecule has 1 aromatic carbocycles. The summed E-state index contributed by atoms with van der Waals surface area (Å²) >= 11 is 1.39. The summed E-state index contributed by atoms with van der Waals surface area (Å²) in [6.45, 7) is 7.52. The van der Waals surface area contributed by atoms with Gasteiger partial charge in [-0.25, -0.2) is 4.99 Å². The van der Waals surface area contributed by atoms with E-state index in [2.05, 4.69) is 31.4 Å². The number of rotatable bonds is 6. The Morgan fingerprint density at radius 1 is 1.19 bits per heavy atom. The van der Waals surface area contributed by atoms with Crippen molar-refractivity contribution in [3.05, 3.63) is 76.3 Å².